The van der Waals surface area contributed by atoms with Gasteiger partial charge < -0.3 is 20.4 Å². The number of anilines is 1. The van der Waals surface area contributed by atoms with Crippen LogP contribution >= 0.6 is 0 Å². The topological polar surface area (TPSA) is 72.9 Å². The standard InChI is InChI=1S/C23H32N6O/c1-4-25-23(27-12-11-26-22(30)20-8-6-10-24-17-20)29-15-13-28(14-16-29)21-9-5-7-18(2)19(21)3/h5-10,17H,4,11-16H2,1-3H3,(H,25,27)(H,26,30). The first kappa shape index (κ1) is 21.6. The number of guanidine groups is 1. The van der Waals surface area contributed by atoms with Gasteiger partial charge in [-0.05, 0) is 50.1 Å². The molecule has 7 heteroatoms. The molecule has 1 saturated heterocycles. The summed E-state index contributed by atoms with van der Waals surface area (Å²) in [5.74, 6) is 0.791. The van der Waals surface area contributed by atoms with E-state index >= 15 is 0 Å². The van der Waals surface area contributed by atoms with Gasteiger partial charge in [-0.2, -0.15) is 0 Å². The lowest BCUT2D eigenvalue weighted by Crippen LogP contribution is -2.52. The lowest BCUT2D eigenvalue weighted by atomic mass is 10.1. The minimum absolute atomic E-state index is 0.120. The van der Waals surface area contributed by atoms with Crippen LogP contribution in [0, 0.1) is 13.8 Å². The molecule has 7 nitrogen and oxygen atoms in total. The van der Waals surface area contributed by atoms with Crippen molar-refractivity contribution in [2.45, 2.75) is 20.8 Å². The van der Waals surface area contributed by atoms with Crippen molar-refractivity contribution >= 4 is 17.6 Å². The zero-order valence-electron chi connectivity index (χ0n) is 18.2. The number of aryl methyl sites for hydroxylation is 1. The van der Waals surface area contributed by atoms with E-state index in [1.54, 1.807) is 24.5 Å². The summed E-state index contributed by atoms with van der Waals surface area (Å²) in [5, 5.41) is 6.28. The fourth-order valence-electron chi connectivity index (χ4n) is 3.59. The third kappa shape index (κ3) is 5.49. The molecule has 3 rings (SSSR count). The van der Waals surface area contributed by atoms with Gasteiger partial charge in [0.1, 0.15) is 0 Å². The molecule has 160 valence electrons. The number of carbonyl (C=O) groups excluding carboxylic acids is 1. The van der Waals surface area contributed by atoms with E-state index in [2.05, 4.69) is 64.4 Å². The van der Waals surface area contributed by atoms with Crippen molar-refractivity contribution in [3.63, 3.8) is 0 Å². The predicted molar refractivity (Wildman–Crippen MR) is 122 cm³/mol. The Morgan fingerprint density at radius 3 is 2.60 bits per heavy atom. The number of aromatic nitrogens is 1. The number of amides is 1. The summed E-state index contributed by atoms with van der Waals surface area (Å²) < 4.78 is 0. The molecule has 2 N–H and O–H groups in total. The molecule has 1 aromatic carbocycles. The summed E-state index contributed by atoms with van der Waals surface area (Å²) in [6, 6.07) is 10.0. The van der Waals surface area contributed by atoms with Crippen LogP contribution in [-0.4, -0.2) is 67.6 Å². The van der Waals surface area contributed by atoms with Crippen molar-refractivity contribution in [3.8, 4) is 0 Å². The second-order valence-electron chi connectivity index (χ2n) is 7.43. The van der Waals surface area contributed by atoms with E-state index in [4.69, 9.17) is 4.99 Å². The number of nitrogens with one attached hydrogen (secondary N) is 2. The van der Waals surface area contributed by atoms with Gasteiger partial charge in [0.2, 0.25) is 0 Å². The van der Waals surface area contributed by atoms with Crippen LogP contribution in [0.5, 0.6) is 0 Å². The monoisotopic (exact) mass is 408 g/mol. The van der Waals surface area contributed by atoms with E-state index in [0.29, 0.717) is 18.7 Å². The number of hydrogen-bond donors (Lipinski definition) is 2. The number of hydrogen-bond acceptors (Lipinski definition) is 4. The Kier molecular flexibility index (Phi) is 7.65. The molecule has 1 amide bonds. The van der Waals surface area contributed by atoms with Gasteiger partial charge in [0.25, 0.3) is 5.91 Å². The van der Waals surface area contributed by atoms with Crippen LogP contribution in [0.1, 0.15) is 28.4 Å². The summed E-state index contributed by atoms with van der Waals surface area (Å²) in [4.78, 5) is 25.6. The molecule has 1 aromatic heterocycles. The van der Waals surface area contributed by atoms with Gasteiger partial charge in [-0.25, -0.2) is 0 Å². The van der Waals surface area contributed by atoms with E-state index in [9.17, 15) is 4.79 Å². The van der Waals surface area contributed by atoms with Crippen LogP contribution < -0.4 is 15.5 Å². The molecule has 0 bridgehead atoms. The highest BCUT2D eigenvalue weighted by molar-refractivity contribution is 5.93. The number of rotatable bonds is 6. The lowest BCUT2D eigenvalue weighted by Gasteiger charge is -2.38. The quantitative estimate of drug-likeness (QED) is 0.436. The van der Waals surface area contributed by atoms with Crippen LogP contribution in [0.2, 0.25) is 0 Å². The summed E-state index contributed by atoms with van der Waals surface area (Å²) in [6.07, 6.45) is 3.22. The van der Waals surface area contributed by atoms with Gasteiger partial charge >= 0.3 is 0 Å². The molecule has 1 aliphatic heterocycles. The molecule has 1 fully saturated rings. The van der Waals surface area contributed by atoms with E-state index < -0.39 is 0 Å². The number of aliphatic imine (C=N–C) groups is 1. The highest BCUT2D eigenvalue weighted by atomic mass is 16.1. The third-order valence-corrected chi connectivity index (χ3v) is 5.41. The zero-order chi connectivity index (χ0) is 21.3. The Balaban J connectivity index is 1.52. The van der Waals surface area contributed by atoms with Crippen LogP contribution in [0.25, 0.3) is 0 Å². The first-order chi connectivity index (χ1) is 14.6. The second-order valence-corrected chi connectivity index (χ2v) is 7.43. The molecular formula is C23H32N6O. The zero-order valence-corrected chi connectivity index (χ0v) is 18.2. The number of benzene rings is 1. The van der Waals surface area contributed by atoms with Crippen LogP contribution in [0.15, 0.2) is 47.7 Å². The lowest BCUT2D eigenvalue weighted by molar-refractivity contribution is 0.0954. The fraction of sp³-hybridized carbons (Fsp3) is 0.435. The highest BCUT2D eigenvalue weighted by Gasteiger charge is 2.21. The van der Waals surface area contributed by atoms with Crippen molar-refractivity contribution in [3.05, 3.63) is 59.4 Å². The van der Waals surface area contributed by atoms with Gasteiger partial charge in [0.05, 0.1) is 12.1 Å². The number of carbonyl (C=O) groups is 1. The molecule has 2 heterocycles. The molecule has 0 unspecified atom stereocenters. The maximum Gasteiger partial charge on any atom is 0.252 e. The summed E-state index contributed by atoms with van der Waals surface area (Å²) in [7, 11) is 0. The van der Waals surface area contributed by atoms with Gasteiger partial charge in [0.15, 0.2) is 5.96 Å². The minimum atomic E-state index is -0.120. The third-order valence-electron chi connectivity index (χ3n) is 5.41. The second kappa shape index (κ2) is 10.6. The van der Waals surface area contributed by atoms with Crippen LogP contribution in [-0.2, 0) is 0 Å². The molecule has 0 radical (unpaired) electrons. The molecule has 2 aromatic rings. The minimum Gasteiger partial charge on any atom is -0.368 e. The molecule has 0 atom stereocenters. The van der Waals surface area contributed by atoms with Crippen molar-refractivity contribution < 1.29 is 4.79 Å². The largest absolute Gasteiger partial charge is 0.368 e. The maximum absolute atomic E-state index is 12.1. The Morgan fingerprint density at radius 2 is 1.90 bits per heavy atom. The average Bonchev–Trinajstić information content (AvgIpc) is 2.78. The Bertz CT molecular complexity index is 859. The molecule has 0 aliphatic carbocycles. The van der Waals surface area contributed by atoms with Crippen molar-refractivity contribution in [1.82, 2.24) is 20.5 Å². The van der Waals surface area contributed by atoms with Gasteiger partial charge in [-0.1, -0.05) is 12.1 Å². The summed E-state index contributed by atoms with van der Waals surface area (Å²) in [5.41, 5.74) is 4.58. The van der Waals surface area contributed by atoms with Crippen LogP contribution in [0.4, 0.5) is 5.69 Å². The van der Waals surface area contributed by atoms with Gasteiger partial charge in [-0.15, -0.1) is 0 Å². The van der Waals surface area contributed by atoms with Crippen LogP contribution in [0.3, 0.4) is 0 Å². The molecule has 0 saturated carbocycles. The smallest absolute Gasteiger partial charge is 0.252 e. The number of pyridine rings is 1. The molecule has 30 heavy (non-hydrogen) atoms. The number of piperazine rings is 1. The normalized spacial score (nSPS) is 14.6. The van der Waals surface area contributed by atoms with E-state index in [0.717, 1.165) is 38.7 Å². The molecular weight excluding hydrogens is 376 g/mol. The number of nitrogens with zero attached hydrogens (tertiary/aromatic N) is 4. The summed E-state index contributed by atoms with van der Waals surface area (Å²) in [6.45, 7) is 12.0. The van der Waals surface area contributed by atoms with Gasteiger partial charge in [0, 0.05) is 57.3 Å². The van der Waals surface area contributed by atoms with Gasteiger partial charge in [-0.3, -0.25) is 14.8 Å². The molecule has 1 aliphatic rings. The Hall–Kier alpha value is -3.09. The van der Waals surface area contributed by atoms with Crippen molar-refractivity contribution in [2.24, 2.45) is 4.99 Å². The predicted octanol–water partition coefficient (Wildman–Crippen LogP) is 2.22. The maximum atomic E-state index is 12.1. The summed E-state index contributed by atoms with van der Waals surface area (Å²) >= 11 is 0. The average molecular weight is 409 g/mol. The van der Waals surface area contributed by atoms with E-state index in [1.165, 1.54) is 16.8 Å². The first-order valence-electron chi connectivity index (χ1n) is 10.6. The first-order valence-corrected chi connectivity index (χ1v) is 10.6. The van der Waals surface area contributed by atoms with Crippen molar-refractivity contribution in [2.75, 3.05) is 50.7 Å². The molecule has 0 spiro atoms. The Labute approximate surface area is 179 Å². The fourth-order valence-corrected chi connectivity index (χ4v) is 3.59. The highest BCUT2D eigenvalue weighted by Crippen LogP contribution is 2.23. The Morgan fingerprint density at radius 1 is 1.10 bits per heavy atom. The van der Waals surface area contributed by atoms with E-state index in [1.807, 2.05) is 0 Å². The van der Waals surface area contributed by atoms with E-state index in [-0.39, 0.29) is 5.91 Å². The van der Waals surface area contributed by atoms with Crippen molar-refractivity contribution in [1.29, 1.82) is 0 Å². The SMILES string of the molecule is CCNC(=NCCNC(=O)c1cccnc1)N1CCN(c2cccc(C)c2C)CC1.